The van der Waals surface area contributed by atoms with Crippen LogP contribution in [0.15, 0.2) is 0 Å². The van der Waals surface area contributed by atoms with Crippen LogP contribution in [0.4, 0.5) is 4.79 Å². The standard InChI is InChI=1S/C10H18N4O3/c11-8(15)6-14(7-9(12)16)10(17)13-4-2-1-3-5-13/h1-7H2,(H2,11,15)(H2,12,16). The lowest BCUT2D eigenvalue weighted by Crippen LogP contribution is -2.50. The summed E-state index contributed by atoms with van der Waals surface area (Å²) >= 11 is 0. The number of primary amides is 2. The van der Waals surface area contributed by atoms with Crippen molar-refractivity contribution >= 4 is 17.8 Å². The maximum atomic E-state index is 12.0. The van der Waals surface area contributed by atoms with Crippen molar-refractivity contribution in [1.82, 2.24) is 9.80 Å². The first-order valence-corrected chi connectivity index (χ1v) is 5.61. The Bertz CT molecular complexity index is 297. The average molecular weight is 242 g/mol. The van der Waals surface area contributed by atoms with Crippen molar-refractivity contribution in [2.24, 2.45) is 11.5 Å². The van der Waals surface area contributed by atoms with Gasteiger partial charge in [-0.05, 0) is 19.3 Å². The molecular formula is C10H18N4O3. The van der Waals surface area contributed by atoms with Gasteiger partial charge in [0.05, 0.1) is 0 Å². The number of rotatable bonds is 4. The molecule has 0 bridgehead atoms. The van der Waals surface area contributed by atoms with Crippen molar-refractivity contribution < 1.29 is 14.4 Å². The highest BCUT2D eigenvalue weighted by Gasteiger charge is 2.24. The van der Waals surface area contributed by atoms with Crippen LogP contribution >= 0.6 is 0 Å². The Kier molecular flexibility index (Phi) is 4.74. The Hall–Kier alpha value is -1.79. The van der Waals surface area contributed by atoms with Gasteiger partial charge in [-0.25, -0.2) is 4.79 Å². The lowest BCUT2D eigenvalue weighted by atomic mass is 10.1. The summed E-state index contributed by atoms with van der Waals surface area (Å²) in [6.45, 7) is 0.732. The van der Waals surface area contributed by atoms with E-state index in [0.29, 0.717) is 13.1 Å². The minimum atomic E-state index is -0.656. The molecule has 0 aromatic heterocycles. The van der Waals surface area contributed by atoms with E-state index in [1.165, 1.54) is 0 Å². The highest BCUT2D eigenvalue weighted by atomic mass is 16.2. The summed E-state index contributed by atoms with van der Waals surface area (Å²) in [6.07, 6.45) is 2.97. The van der Waals surface area contributed by atoms with Gasteiger partial charge in [0.1, 0.15) is 13.1 Å². The number of likely N-dealkylation sites (tertiary alicyclic amines) is 1. The maximum Gasteiger partial charge on any atom is 0.320 e. The van der Waals surface area contributed by atoms with E-state index in [9.17, 15) is 14.4 Å². The first kappa shape index (κ1) is 13.3. The molecule has 0 aromatic carbocycles. The molecule has 96 valence electrons. The van der Waals surface area contributed by atoms with E-state index in [4.69, 9.17) is 11.5 Å². The van der Waals surface area contributed by atoms with E-state index >= 15 is 0 Å². The zero-order valence-corrected chi connectivity index (χ0v) is 9.72. The van der Waals surface area contributed by atoms with Crippen LogP contribution in [0.3, 0.4) is 0 Å². The van der Waals surface area contributed by atoms with Crippen LogP contribution in [-0.4, -0.2) is 53.8 Å². The van der Waals surface area contributed by atoms with Gasteiger partial charge in [0, 0.05) is 13.1 Å². The molecule has 0 unspecified atom stereocenters. The molecule has 4 N–H and O–H groups in total. The van der Waals surface area contributed by atoms with E-state index in [-0.39, 0.29) is 19.1 Å². The van der Waals surface area contributed by atoms with Gasteiger partial charge in [-0.2, -0.15) is 0 Å². The Morgan fingerprint density at radius 2 is 1.41 bits per heavy atom. The largest absolute Gasteiger partial charge is 0.368 e. The Morgan fingerprint density at radius 3 is 1.82 bits per heavy atom. The summed E-state index contributed by atoms with van der Waals surface area (Å²) in [6, 6.07) is -0.345. The second kappa shape index (κ2) is 6.07. The van der Waals surface area contributed by atoms with Gasteiger partial charge in [-0.1, -0.05) is 0 Å². The van der Waals surface area contributed by atoms with E-state index in [0.717, 1.165) is 24.2 Å². The van der Waals surface area contributed by atoms with E-state index in [1.807, 2.05) is 0 Å². The van der Waals surface area contributed by atoms with Crippen molar-refractivity contribution in [3.63, 3.8) is 0 Å². The maximum absolute atomic E-state index is 12.0. The molecule has 17 heavy (non-hydrogen) atoms. The number of nitrogens with two attached hydrogens (primary N) is 2. The minimum absolute atomic E-state index is 0.279. The van der Waals surface area contributed by atoms with E-state index in [2.05, 4.69) is 0 Å². The second-order valence-corrected chi connectivity index (χ2v) is 4.12. The van der Waals surface area contributed by atoms with Crippen LogP contribution in [0, 0.1) is 0 Å². The van der Waals surface area contributed by atoms with Gasteiger partial charge in [-0.3, -0.25) is 9.59 Å². The molecule has 0 aliphatic carbocycles. The highest BCUT2D eigenvalue weighted by Crippen LogP contribution is 2.11. The number of amides is 4. The molecule has 1 fully saturated rings. The Labute approximate surface area is 99.7 Å². The van der Waals surface area contributed by atoms with Crippen LogP contribution < -0.4 is 11.5 Å². The average Bonchev–Trinajstić information content (AvgIpc) is 2.27. The first-order valence-electron chi connectivity index (χ1n) is 5.61. The van der Waals surface area contributed by atoms with Crippen LogP contribution in [0.1, 0.15) is 19.3 Å². The van der Waals surface area contributed by atoms with Gasteiger partial charge in [0.15, 0.2) is 0 Å². The molecule has 4 amide bonds. The smallest absolute Gasteiger partial charge is 0.320 e. The van der Waals surface area contributed by atoms with Crippen LogP contribution in [0.2, 0.25) is 0 Å². The third-order valence-corrected chi connectivity index (χ3v) is 2.59. The second-order valence-electron chi connectivity index (χ2n) is 4.12. The van der Waals surface area contributed by atoms with Crippen LogP contribution in [0.5, 0.6) is 0 Å². The van der Waals surface area contributed by atoms with Crippen molar-refractivity contribution in [3.05, 3.63) is 0 Å². The fourth-order valence-corrected chi connectivity index (χ4v) is 1.85. The van der Waals surface area contributed by atoms with E-state index in [1.54, 1.807) is 4.90 Å². The fraction of sp³-hybridized carbons (Fsp3) is 0.700. The SMILES string of the molecule is NC(=O)CN(CC(N)=O)C(=O)N1CCCCC1. The summed E-state index contributed by atoms with van der Waals surface area (Å²) in [5.74, 6) is -1.31. The molecule has 0 saturated carbocycles. The van der Waals surface area contributed by atoms with Crippen molar-refractivity contribution in [2.45, 2.75) is 19.3 Å². The summed E-state index contributed by atoms with van der Waals surface area (Å²) in [7, 11) is 0. The highest BCUT2D eigenvalue weighted by molar-refractivity contribution is 5.87. The minimum Gasteiger partial charge on any atom is -0.368 e. The van der Waals surface area contributed by atoms with E-state index < -0.39 is 11.8 Å². The summed E-state index contributed by atoms with van der Waals surface area (Å²) < 4.78 is 0. The molecule has 7 nitrogen and oxygen atoms in total. The number of carbonyl (C=O) groups is 3. The van der Waals surface area contributed by atoms with Gasteiger partial charge in [-0.15, -0.1) is 0 Å². The molecule has 0 aromatic rings. The topological polar surface area (TPSA) is 110 Å². The molecule has 0 radical (unpaired) electrons. The first-order chi connectivity index (χ1) is 8.00. The molecule has 1 rings (SSSR count). The predicted octanol–water partition coefficient (Wildman–Crippen LogP) is -1.14. The lowest BCUT2D eigenvalue weighted by Gasteiger charge is -2.31. The van der Waals surface area contributed by atoms with Gasteiger partial charge in [0.25, 0.3) is 0 Å². The van der Waals surface area contributed by atoms with Crippen LogP contribution in [0.25, 0.3) is 0 Å². The fourth-order valence-electron chi connectivity index (χ4n) is 1.85. The molecule has 7 heteroatoms. The Morgan fingerprint density at radius 1 is 0.941 bits per heavy atom. The molecule has 1 saturated heterocycles. The number of hydrogen-bond donors (Lipinski definition) is 2. The van der Waals surface area contributed by atoms with Crippen LogP contribution in [-0.2, 0) is 9.59 Å². The molecule has 1 aliphatic rings. The monoisotopic (exact) mass is 242 g/mol. The predicted molar refractivity (Wildman–Crippen MR) is 60.8 cm³/mol. The Balaban J connectivity index is 2.63. The van der Waals surface area contributed by atoms with Crippen molar-refractivity contribution in [1.29, 1.82) is 0 Å². The zero-order chi connectivity index (χ0) is 12.8. The summed E-state index contributed by atoms with van der Waals surface area (Å²) in [5, 5.41) is 0. The van der Waals surface area contributed by atoms with Gasteiger partial charge >= 0.3 is 6.03 Å². The molecular weight excluding hydrogens is 224 g/mol. The number of carbonyl (C=O) groups excluding carboxylic acids is 3. The third-order valence-electron chi connectivity index (χ3n) is 2.59. The lowest BCUT2D eigenvalue weighted by molar-refractivity contribution is -0.121. The molecule has 1 aliphatic heterocycles. The number of urea groups is 1. The number of hydrogen-bond acceptors (Lipinski definition) is 3. The molecule has 0 atom stereocenters. The third kappa shape index (κ3) is 4.29. The van der Waals surface area contributed by atoms with Gasteiger partial charge in [0.2, 0.25) is 11.8 Å². The van der Waals surface area contributed by atoms with Gasteiger partial charge < -0.3 is 21.3 Å². The number of nitrogens with zero attached hydrogens (tertiary/aromatic N) is 2. The van der Waals surface area contributed by atoms with Crippen molar-refractivity contribution in [2.75, 3.05) is 26.2 Å². The zero-order valence-electron chi connectivity index (χ0n) is 9.72. The number of piperidine rings is 1. The summed E-state index contributed by atoms with van der Waals surface area (Å²) in [5.41, 5.74) is 10.1. The normalized spacial score (nSPS) is 15.4. The molecule has 0 spiro atoms. The quantitative estimate of drug-likeness (QED) is 0.650. The van der Waals surface area contributed by atoms with Crippen molar-refractivity contribution in [3.8, 4) is 0 Å². The summed E-state index contributed by atoms with van der Waals surface area (Å²) in [4.78, 5) is 36.4. The molecule has 1 heterocycles.